The van der Waals surface area contributed by atoms with Crippen LogP contribution in [-0.4, -0.2) is 17.0 Å². The number of rotatable bonds is 1. The van der Waals surface area contributed by atoms with E-state index in [1.165, 1.54) is 24.8 Å². The lowest BCUT2D eigenvalue weighted by molar-refractivity contribution is -0.117. The fraction of sp³-hybridized carbons (Fsp3) is 0.857. The number of carbonyl (C=O) groups is 1. The fourth-order valence-corrected chi connectivity index (χ4v) is 7.41. The van der Waals surface area contributed by atoms with Crippen molar-refractivity contribution in [3.05, 3.63) is 11.6 Å². The van der Waals surface area contributed by atoms with E-state index in [1.807, 2.05) is 6.08 Å². The van der Waals surface area contributed by atoms with Crippen LogP contribution in [0.4, 0.5) is 0 Å². The van der Waals surface area contributed by atoms with E-state index in [9.17, 15) is 9.90 Å². The largest absolute Gasteiger partial charge is 0.393 e. The molecule has 1 N–H and O–H groups in total. The van der Waals surface area contributed by atoms with Gasteiger partial charge < -0.3 is 5.11 Å². The number of fused-ring (bicyclic) bond motifs is 5. The molecular formula is C21H32O2. The third kappa shape index (κ3) is 2.06. The van der Waals surface area contributed by atoms with Crippen LogP contribution in [0.25, 0.3) is 0 Å². The first-order chi connectivity index (χ1) is 10.9. The summed E-state index contributed by atoms with van der Waals surface area (Å²) < 4.78 is 0. The van der Waals surface area contributed by atoms with Crippen LogP contribution in [0.2, 0.25) is 0 Å². The molecular weight excluding hydrogens is 284 g/mol. The molecule has 0 amide bonds. The first-order valence-corrected chi connectivity index (χ1v) is 9.82. The smallest absolute Gasteiger partial charge is 0.155 e. The molecule has 2 nitrogen and oxygen atoms in total. The molecule has 4 aliphatic rings. The van der Waals surface area contributed by atoms with Gasteiger partial charge in [0.05, 0.1) is 6.10 Å². The molecule has 3 saturated carbocycles. The third-order valence-electron chi connectivity index (χ3n) is 8.65. The molecule has 0 saturated heterocycles. The zero-order valence-electron chi connectivity index (χ0n) is 15.0. The Morgan fingerprint density at radius 3 is 2.70 bits per heavy atom. The lowest BCUT2D eigenvalue weighted by atomic mass is 9.47. The monoisotopic (exact) mass is 316 g/mol. The highest BCUT2D eigenvalue weighted by atomic mass is 16.3. The van der Waals surface area contributed by atoms with Gasteiger partial charge in [0.1, 0.15) is 0 Å². The van der Waals surface area contributed by atoms with Gasteiger partial charge in [-0.15, -0.1) is 0 Å². The van der Waals surface area contributed by atoms with Gasteiger partial charge in [0.2, 0.25) is 0 Å². The maximum atomic E-state index is 11.9. The number of aliphatic hydroxyl groups excluding tert-OH is 1. The summed E-state index contributed by atoms with van der Waals surface area (Å²) in [5, 5.41) is 10.7. The van der Waals surface area contributed by atoms with Gasteiger partial charge in [0.25, 0.3) is 0 Å². The highest BCUT2D eigenvalue weighted by molar-refractivity contribution is 5.91. The van der Waals surface area contributed by atoms with Gasteiger partial charge >= 0.3 is 0 Å². The number of ketones is 1. The van der Waals surface area contributed by atoms with E-state index in [4.69, 9.17) is 0 Å². The number of hydrogen-bond acceptors (Lipinski definition) is 2. The second-order valence-corrected chi connectivity index (χ2v) is 9.33. The normalized spacial score (nSPS) is 52.4. The van der Waals surface area contributed by atoms with E-state index in [0.717, 1.165) is 43.9 Å². The van der Waals surface area contributed by atoms with Crippen molar-refractivity contribution < 1.29 is 9.90 Å². The van der Waals surface area contributed by atoms with Gasteiger partial charge in [-0.25, -0.2) is 0 Å². The number of aliphatic hydroxyl groups is 1. The van der Waals surface area contributed by atoms with Crippen LogP contribution in [0.15, 0.2) is 11.6 Å². The molecule has 4 aliphatic carbocycles. The molecule has 0 aromatic heterocycles. The highest BCUT2D eigenvalue weighted by Crippen LogP contribution is 2.66. The number of hydrogen-bond donors (Lipinski definition) is 1. The molecule has 0 aromatic carbocycles. The van der Waals surface area contributed by atoms with Crippen LogP contribution in [-0.2, 0) is 4.79 Å². The van der Waals surface area contributed by atoms with E-state index in [-0.39, 0.29) is 11.5 Å². The van der Waals surface area contributed by atoms with Crippen LogP contribution >= 0.6 is 0 Å². The number of carbonyl (C=O) groups excluding carboxylic acids is 1. The van der Waals surface area contributed by atoms with Crippen molar-refractivity contribution in [3.8, 4) is 0 Å². The summed E-state index contributed by atoms with van der Waals surface area (Å²) in [6.45, 7) is 7.16. The van der Waals surface area contributed by atoms with Gasteiger partial charge in [-0.3, -0.25) is 4.79 Å². The zero-order valence-corrected chi connectivity index (χ0v) is 15.0. The van der Waals surface area contributed by atoms with Crippen molar-refractivity contribution >= 4 is 5.78 Å². The van der Waals surface area contributed by atoms with Crippen molar-refractivity contribution in [2.24, 2.45) is 34.5 Å². The Morgan fingerprint density at radius 2 is 1.96 bits per heavy atom. The molecule has 0 radical (unpaired) electrons. The molecule has 128 valence electrons. The molecule has 2 heteroatoms. The summed E-state index contributed by atoms with van der Waals surface area (Å²) in [6, 6.07) is 0. The van der Waals surface area contributed by atoms with Crippen molar-refractivity contribution in [3.63, 3.8) is 0 Å². The Kier molecular flexibility index (Phi) is 3.58. The Labute approximate surface area is 140 Å². The van der Waals surface area contributed by atoms with Crippen LogP contribution in [0.1, 0.15) is 72.1 Å². The standard InChI is InChI=1S/C21H32O2/c1-4-16-19(23)12-18-15-6-5-13-11-14(22)7-9-20(13,2)17(15)8-10-21(16,18)3/h11,15-19,23H,4-10,12H2,1-3H3/t15-,16+,17+,18+,19-,20+,21-/m1/s1. The Morgan fingerprint density at radius 1 is 1.17 bits per heavy atom. The predicted molar refractivity (Wildman–Crippen MR) is 91.9 cm³/mol. The van der Waals surface area contributed by atoms with Crippen molar-refractivity contribution in [2.45, 2.75) is 78.2 Å². The Balaban J connectivity index is 1.68. The van der Waals surface area contributed by atoms with Gasteiger partial charge in [0, 0.05) is 6.42 Å². The summed E-state index contributed by atoms with van der Waals surface area (Å²) in [4.78, 5) is 11.9. The minimum atomic E-state index is -0.0913. The molecule has 7 atom stereocenters. The average molecular weight is 316 g/mol. The maximum absolute atomic E-state index is 11.9. The summed E-state index contributed by atoms with van der Waals surface area (Å²) in [5.41, 5.74) is 2.05. The molecule has 0 bridgehead atoms. The van der Waals surface area contributed by atoms with Gasteiger partial charge in [0.15, 0.2) is 5.78 Å². The first-order valence-electron chi connectivity index (χ1n) is 9.82. The summed E-state index contributed by atoms with van der Waals surface area (Å²) >= 11 is 0. The van der Waals surface area contributed by atoms with Crippen LogP contribution in [0, 0.1) is 34.5 Å². The van der Waals surface area contributed by atoms with E-state index < -0.39 is 0 Å². The van der Waals surface area contributed by atoms with E-state index in [0.29, 0.717) is 23.0 Å². The van der Waals surface area contributed by atoms with E-state index in [2.05, 4.69) is 20.8 Å². The molecule has 0 spiro atoms. The lowest BCUT2D eigenvalue weighted by Gasteiger charge is -2.58. The summed E-state index contributed by atoms with van der Waals surface area (Å²) in [5.74, 6) is 3.02. The molecule has 4 rings (SSSR count). The molecule has 0 unspecified atom stereocenters. The zero-order chi connectivity index (χ0) is 16.4. The summed E-state index contributed by atoms with van der Waals surface area (Å²) in [7, 11) is 0. The third-order valence-corrected chi connectivity index (χ3v) is 8.65. The van der Waals surface area contributed by atoms with E-state index >= 15 is 0 Å². The topological polar surface area (TPSA) is 37.3 Å². The molecule has 3 fully saturated rings. The SMILES string of the molecule is CC[C@H]1[C@H](O)C[C@H]2[C@@H]3CCC4=CC(=O)CC[C@]4(C)[C@H]3CC[C@@]21C. The van der Waals surface area contributed by atoms with Crippen LogP contribution in [0.3, 0.4) is 0 Å². The van der Waals surface area contributed by atoms with Gasteiger partial charge in [-0.05, 0) is 79.1 Å². The Hall–Kier alpha value is -0.630. The van der Waals surface area contributed by atoms with Crippen LogP contribution in [0.5, 0.6) is 0 Å². The maximum Gasteiger partial charge on any atom is 0.155 e. The highest BCUT2D eigenvalue weighted by Gasteiger charge is 2.60. The van der Waals surface area contributed by atoms with Crippen LogP contribution < -0.4 is 0 Å². The van der Waals surface area contributed by atoms with Crippen molar-refractivity contribution in [1.82, 2.24) is 0 Å². The molecule has 0 aliphatic heterocycles. The average Bonchev–Trinajstić information content (AvgIpc) is 2.77. The fourth-order valence-electron chi connectivity index (χ4n) is 7.41. The van der Waals surface area contributed by atoms with Gasteiger partial charge in [-0.1, -0.05) is 32.8 Å². The number of allylic oxidation sites excluding steroid dienone is 1. The first kappa shape index (κ1) is 15.9. The molecule has 23 heavy (non-hydrogen) atoms. The van der Waals surface area contributed by atoms with E-state index in [1.54, 1.807) is 0 Å². The second kappa shape index (κ2) is 5.18. The lowest BCUT2D eigenvalue weighted by Crippen LogP contribution is -2.50. The van der Waals surface area contributed by atoms with Gasteiger partial charge in [-0.2, -0.15) is 0 Å². The molecule has 0 heterocycles. The minimum Gasteiger partial charge on any atom is -0.393 e. The Bertz CT molecular complexity index is 550. The van der Waals surface area contributed by atoms with Crippen molar-refractivity contribution in [2.75, 3.05) is 0 Å². The second-order valence-electron chi connectivity index (χ2n) is 9.33. The quantitative estimate of drug-likeness (QED) is 0.772. The predicted octanol–water partition coefficient (Wildman–Crippen LogP) is 4.52. The minimum absolute atomic E-state index is 0.0913. The molecule has 0 aromatic rings. The van der Waals surface area contributed by atoms with Crippen molar-refractivity contribution in [1.29, 1.82) is 0 Å². The summed E-state index contributed by atoms with van der Waals surface area (Å²) in [6.07, 6.45) is 10.7.